The normalized spacial score (nSPS) is 12.9. The van der Waals surface area contributed by atoms with Crippen LogP contribution in [0.2, 0.25) is 0 Å². The first-order valence-electron chi connectivity index (χ1n) is 10.2. The third-order valence-corrected chi connectivity index (χ3v) is 4.30. The highest BCUT2D eigenvalue weighted by atomic mass is 19.4. The first-order valence-corrected chi connectivity index (χ1v) is 10.2. The zero-order valence-electron chi connectivity index (χ0n) is 17.0. The molecule has 27 heavy (non-hydrogen) atoms. The second-order valence-electron chi connectivity index (χ2n) is 7.50. The van der Waals surface area contributed by atoms with E-state index in [0.717, 1.165) is 19.3 Å². The van der Waals surface area contributed by atoms with Gasteiger partial charge in [-0.05, 0) is 18.8 Å². The van der Waals surface area contributed by atoms with Gasteiger partial charge in [0.25, 0.3) is 0 Å². The fourth-order valence-corrected chi connectivity index (χ4v) is 2.79. The molecule has 0 aliphatic rings. The minimum Gasteiger partial charge on any atom is -0.464 e. The predicted octanol–water partition coefficient (Wildman–Crippen LogP) is 5.54. The molecule has 4 nitrogen and oxygen atoms in total. The van der Waals surface area contributed by atoms with Crippen LogP contribution in [-0.2, 0) is 14.3 Å². The Bertz CT molecular complexity index is 412. The SMILES string of the molecule is CCCCCCCCCCCCOC(=O)C(CC(C)C)NC(=O)C(F)(F)F. The first-order chi connectivity index (χ1) is 12.7. The number of amides is 1. The van der Waals surface area contributed by atoms with Crippen molar-refractivity contribution in [3.63, 3.8) is 0 Å². The molecular formula is C20H36F3NO3. The van der Waals surface area contributed by atoms with Gasteiger partial charge in [0.1, 0.15) is 6.04 Å². The fourth-order valence-electron chi connectivity index (χ4n) is 2.79. The van der Waals surface area contributed by atoms with E-state index in [-0.39, 0.29) is 18.9 Å². The van der Waals surface area contributed by atoms with Gasteiger partial charge in [-0.2, -0.15) is 13.2 Å². The van der Waals surface area contributed by atoms with Gasteiger partial charge < -0.3 is 10.1 Å². The second-order valence-corrected chi connectivity index (χ2v) is 7.50. The van der Waals surface area contributed by atoms with Crippen molar-refractivity contribution in [3.05, 3.63) is 0 Å². The Morgan fingerprint density at radius 1 is 0.889 bits per heavy atom. The summed E-state index contributed by atoms with van der Waals surface area (Å²) in [7, 11) is 0. The van der Waals surface area contributed by atoms with Crippen molar-refractivity contribution in [2.75, 3.05) is 6.61 Å². The van der Waals surface area contributed by atoms with Crippen LogP contribution in [0, 0.1) is 5.92 Å². The largest absolute Gasteiger partial charge is 0.471 e. The number of rotatable bonds is 15. The lowest BCUT2D eigenvalue weighted by molar-refractivity contribution is -0.176. The lowest BCUT2D eigenvalue weighted by Crippen LogP contribution is -2.48. The molecule has 0 rings (SSSR count). The Morgan fingerprint density at radius 2 is 1.37 bits per heavy atom. The molecule has 0 saturated carbocycles. The molecule has 0 aliphatic heterocycles. The van der Waals surface area contributed by atoms with E-state index in [4.69, 9.17) is 4.74 Å². The number of carbonyl (C=O) groups excluding carboxylic acids is 2. The summed E-state index contributed by atoms with van der Waals surface area (Å²) < 4.78 is 42.2. The molecule has 0 aromatic carbocycles. The highest BCUT2D eigenvalue weighted by molar-refractivity contribution is 5.87. The van der Waals surface area contributed by atoms with Crippen LogP contribution in [0.25, 0.3) is 0 Å². The van der Waals surface area contributed by atoms with Crippen LogP contribution in [-0.4, -0.2) is 30.7 Å². The number of alkyl halides is 3. The number of hydrogen-bond acceptors (Lipinski definition) is 3. The van der Waals surface area contributed by atoms with Crippen LogP contribution in [0.5, 0.6) is 0 Å². The van der Waals surface area contributed by atoms with Crippen LogP contribution >= 0.6 is 0 Å². The average Bonchev–Trinajstić information content (AvgIpc) is 2.57. The highest BCUT2D eigenvalue weighted by Gasteiger charge is 2.41. The second kappa shape index (κ2) is 14.7. The molecule has 7 heteroatoms. The summed E-state index contributed by atoms with van der Waals surface area (Å²) >= 11 is 0. The van der Waals surface area contributed by atoms with Gasteiger partial charge >= 0.3 is 18.1 Å². The summed E-state index contributed by atoms with van der Waals surface area (Å²) in [6.45, 7) is 5.90. The fraction of sp³-hybridized carbons (Fsp3) is 0.900. The smallest absolute Gasteiger partial charge is 0.464 e. The van der Waals surface area contributed by atoms with E-state index in [2.05, 4.69) is 6.92 Å². The molecule has 1 N–H and O–H groups in total. The summed E-state index contributed by atoms with van der Waals surface area (Å²) in [6.07, 6.45) is 6.52. The maximum Gasteiger partial charge on any atom is 0.471 e. The van der Waals surface area contributed by atoms with Crippen molar-refractivity contribution in [1.82, 2.24) is 5.32 Å². The van der Waals surface area contributed by atoms with E-state index >= 15 is 0 Å². The van der Waals surface area contributed by atoms with Gasteiger partial charge in [0.2, 0.25) is 0 Å². The van der Waals surface area contributed by atoms with E-state index in [1.54, 1.807) is 19.2 Å². The third kappa shape index (κ3) is 14.5. The van der Waals surface area contributed by atoms with Crippen molar-refractivity contribution in [3.8, 4) is 0 Å². The van der Waals surface area contributed by atoms with Crippen LogP contribution in [0.3, 0.4) is 0 Å². The highest BCUT2D eigenvalue weighted by Crippen LogP contribution is 2.16. The van der Waals surface area contributed by atoms with Gasteiger partial charge in [0, 0.05) is 0 Å². The Balaban J connectivity index is 3.95. The quantitative estimate of drug-likeness (QED) is 0.292. The van der Waals surface area contributed by atoms with Gasteiger partial charge in [0.05, 0.1) is 6.61 Å². The maximum atomic E-state index is 12.4. The zero-order chi connectivity index (χ0) is 20.7. The van der Waals surface area contributed by atoms with E-state index in [9.17, 15) is 22.8 Å². The number of halogens is 3. The number of esters is 1. The van der Waals surface area contributed by atoms with E-state index in [0.29, 0.717) is 6.42 Å². The van der Waals surface area contributed by atoms with Crippen LogP contribution in [0.4, 0.5) is 13.2 Å². The van der Waals surface area contributed by atoms with Gasteiger partial charge in [-0.15, -0.1) is 0 Å². The maximum absolute atomic E-state index is 12.4. The summed E-state index contributed by atoms with van der Waals surface area (Å²) in [5.74, 6) is -2.95. The number of unbranched alkanes of at least 4 members (excludes halogenated alkanes) is 9. The molecule has 1 amide bonds. The summed E-state index contributed by atoms with van der Waals surface area (Å²) in [6, 6.07) is -1.26. The molecular weight excluding hydrogens is 359 g/mol. The third-order valence-electron chi connectivity index (χ3n) is 4.30. The summed E-state index contributed by atoms with van der Waals surface area (Å²) in [4.78, 5) is 23.1. The van der Waals surface area contributed by atoms with E-state index in [1.165, 1.54) is 38.5 Å². The minimum absolute atomic E-state index is 0.0478. The van der Waals surface area contributed by atoms with Crippen molar-refractivity contribution >= 4 is 11.9 Å². The van der Waals surface area contributed by atoms with E-state index in [1.807, 2.05) is 0 Å². The van der Waals surface area contributed by atoms with Crippen LogP contribution in [0.1, 0.15) is 91.4 Å². The standard InChI is InChI=1S/C20H36F3NO3/c1-4-5-6-7-8-9-10-11-12-13-14-27-18(25)17(15-16(2)3)24-19(26)20(21,22)23/h16-17H,4-15H2,1-3H3,(H,24,26). The van der Waals surface area contributed by atoms with Gasteiger partial charge in [0.15, 0.2) is 0 Å². The summed E-state index contributed by atoms with van der Waals surface area (Å²) in [5.41, 5.74) is 0. The molecule has 0 bridgehead atoms. The van der Waals surface area contributed by atoms with Crippen molar-refractivity contribution in [2.45, 2.75) is 104 Å². The summed E-state index contributed by atoms with van der Waals surface area (Å²) in [5, 5.41) is 1.74. The Labute approximate surface area is 161 Å². The van der Waals surface area contributed by atoms with Gasteiger partial charge in [-0.25, -0.2) is 4.79 Å². The molecule has 0 heterocycles. The first kappa shape index (κ1) is 25.7. The molecule has 0 aliphatic carbocycles. The van der Waals surface area contributed by atoms with E-state index < -0.39 is 24.1 Å². The Kier molecular flexibility index (Phi) is 14.1. The number of nitrogens with one attached hydrogen (secondary N) is 1. The van der Waals surface area contributed by atoms with Crippen molar-refractivity contribution in [2.24, 2.45) is 5.92 Å². The molecule has 160 valence electrons. The Hall–Kier alpha value is -1.27. The molecule has 0 fully saturated rings. The monoisotopic (exact) mass is 395 g/mol. The molecule has 0 spiro atoms. The molecule has 0 radical (unpaired) electrons. The topological polar surface area (TPSA) is 55.4 Å². The number of carbonyl (C=O) groups is 2. The van der Waals surface area contributed by atoms with Gasteiger partial charge in [-0.1, -0.05) is 78.6 Å². The van der Waals surface area contributed by atoms with Gasteiger partial charge in [-0.3, -0.25) is 4.79 Å². The number of hydrogen-bond donors (Lipinski definition) is 1. The Morgan fingerprint density at radius 3 is 1.81 bits per heavy atom. The molecule has 0 aromatic heterocycles. The average molecular weight is 396 g/mol. The number of ether oxygens (including phenoxy) is 1. The predicted molar refractivity (Wildman–Crippen MR) is 100 cm³/mol. The van der Waals surface area contributed by atoms with Crippen molar-refractivity contribution < 1.29 is 27.5 Å². The molecule has 1 unspecified atom stereocenters. The van der Waals surface area contributed by atoms with Crippen LogP contribution in [0.15, 0.2) is 0 Å². The lowest BCUT2D eigenvalue weighted by atomic mass is 10.0. The van der Waals surface area contributed by atoms with Crippen molar-refractivity contribution in [1.29, 1.82) is 0 Å². The minimum atomic E-state index is -5.01. The molecule has 1 atom stereocenters. The lowest BCUT2D eigenvalue weighted by Gasteiger charge is -2.20. The molecule has 0 saturated heterocycles. The van der Waals surface area contributed by atoms with Crippen LogP contribution < -0.4 is 5.32 Å². The zero-order valence-corrected chi connectivity index (χ0v) is 17.0. The molecule has 0 aromatic rings.